The molecule has 20 heteroatoms. The second kappa shape index (κ2) is 15.3. The third kappa shape index (κ3) is 10.2. The standard InChI is InChI=1S/C22H14Cl4N6O6S2.2Na.2H/c23-17-9-19(31-21(25)29-17)27-13-5-3-11(15(7-13)39(33,34)35)1-2-12-4-6-14(8-16(12)40(36,37)38)28-20-10-18(24)30-22(26)32-20;;;;/h1-10H,(H,27,29,31)(H,28,30,32)(H,33,34,35)(H,36,37,38);;;;. The van der Waals surface area contributed by atoms with Gasteiger partial charge in [0.1, 0.15) is 31.7 Å². The van der Waals surface area contributed by atoms with E-state index in [0.29, 0.717) is 0 Å². The number of anilines is 4. The third-order valence-electron chi connectivity index (χ3n) is 4.91. The molecule has 12 nitrogen and oxygen atoms in total. The van der Waals surface area contributed by atoms with E-state index >= 15 is 0 Å². The van der Waals surface area contributed by atoms with E-state index in [2.05, 4.69) is 30.6 Å². The Morgan fingerprint density at radius 1 is 0.595 bits per heavy atom. The van der Waals surface area contributed by atoms with Crippen LogP contribution in [0.2, 0.25) is 20.9 Å². The molecule has 0 atom stereocenters. The zero-order valence-electron chi connectivity index (χ0n) is 19.4. The van der Waals surface area contributed by atoms with Crippen LogP contribution in [0.25, 0.3) is 12.2 Å². The van der Waals surface area contributed by atoms with Gasteiger partial charge in [-0.05, 0) is 58.6 Å². The predicted octanol–water partition coefficient (Wildman–Crippen LogP) is 4.73. The van der Waals surface area contributed by atoms with Gasteiger partial charge in [0.2, 0.25) is 10.6 Å². The Balaban J connectivity index is 0.00000308. The number of aromatic nitrogens is 4. The average molecular weight is 712 g/mol. The molecule has 4 rings (SSSR count). The van der Waals surface area contributed by atoms with Gasteiger partial charge in [0.15, 0.2) is 0 Å². The Morgan fingerprint density at radius 3 is 1.26 bits per heavy atom. The quantitative estimate of drug-likeness (QED) is 0.0649. The van der Waals surface area contributed by atoms with Crippen molar-refractivity contribution in [2.24, 2.45) is 0 Å². The normalized spacial score (nSPS) is 11.5. The minimum atomic E-state index is -4.74. The minimum absolute atomic E-state index is 0. The molecule has 0 saturated heterocycles. The molecule has 0 aliphatic carbocycles. The summed E-state index contributed by atoms with van der Waals surface area (Å²) >= 11 is 23.3. The van der Waals surface area contributed by atoms with E-state index < -0.39 is 30.0 Å². The SMILES string of the molecule is O=S(=O)(O)c1cc(Nc2cc(Cl)nc(Cl)n2)ccc1C=Cc1ccc(Nc2cc(Cl)nc(Cl)n2)cc1S(=O)(=O)O.[NaH].[NaH]. The Hall–Kier alpha value is -1.08. The molecule has 2 aromatic heterocycles. The maximum absolute atomic E-state index is 12.1. The van der Waals surface area contributed by atoms with Gasteiger partial charge in [-0.2, -0.15) is 16.8 Å². The number of halogens is 4. The van der Waals surface area contributed by atoms with E-state index in [9.17, 15) is 25.9 Å². The molecule has 0 saturated carbocycles. The van der Waals surface area contributed by atoms with Crippen molar-refractivity contribution in [2.45, 2.75) is 9.79 Å². The van der Waals surface area contributed by atoms with Crippen molar-refractivity contribution in [3.63, 3.8) is 0 Å². The van der Waals surface area contributed by atoms with Crippen molar-refractivity contribution in [1.82, 2.24) is 19.9 Å². The van der Waals surface area contributed by atoms with Crippen LogP contribution < -0.4 is 10.6 Å². The topological polar surface area (TPSA) is 184 Å². The summed E-state index contributed by atoms with van der Waals surface area (Å²) in [6, 6.07) is 10.5. The van der Waals surface area contributed by atoms with Crippen molar-refractivity contribution in [3.8, 4) is 0 Å². The van der Waals surface area contributed by atoms with E-state index in [1.165, 1.54) is 48.6 Å². The summed E-state index contributed by atoms with van der Waals surface area (Å²) in [5.41, 5.74) is 0.408. The summed E-state index contributed by atoms with van der Waals surface area (Å²) in [6.45, 7) is 0. The van der Waals surface area contributed by atoms with Gasteiger partial charge in [0.25, 0.3) is 20.2 Å². The molecule has 0 radical (unpaired) electrons. The van der Waals surface area contributed by atoms with Crippen molar-refractivity contribution in [1.29, 1.82) is 0 Å². The molecule has 212 valence electrons. The number of nitrogens with one attached hydrogen (secondary N) is 2. The van der Waals surface area contributed by atoms with Gasteiger partial charge in [-0.1, -0.05) is 47.5 Å². The third-order valence-corrected chi connectivity index (χ3v) is 7.45. The first-order valence-electron chi connectivity index (χ1n) is 10.5. The maximum atomic E-state index is 12.1. The first kappa shape index (κ1) is 37.1. The second-order valence-electron chi connectivity index (χ2n) is 7.73. The molecule has 0 unspecified atom stereocenters. The molecular formula is C22H16Cl4N6Na2O6S2. The summed E-state index contributed by atoms with van der Waals surface area (Å²) in [7, 11) is -9.49. The van der Waals surface area contributed by atoms with Crippen LogP contribution in [0.15, 0.2) is 58.3 Å². The summed E-state index contributed by atoms with van der Waals surface area (Å²) in [4.78, 5) is 14.2. The second-order valence-corrected chi connectivity index (χ2v) is 12.0. The monoisotopic (exact) mass is 710 g/mol. The molecule has 4 aromatic rings. The zero-order chi connectivity index (χ0) is 29.2. The van der Waals surface area contributed by atoms with E-state index in [1.807, 2.05) is 0 Å². The van der Waals surface area contributed by atoms with E-state index in [4.69, 9.17) is 46.4 Å². The van der Waals surface area contributed by atoms with Crippen LogP contribution in [0.1, 0.15) is 11.1 Å². The van der Waals surface area contributed by atoms with Crippen LogP contribution in [-0.2, 0) is 20.2 Å². The molecule has 0 aliphatic rings. The van der Waals surface area contributed by atoms with Gasteiger partial charge in [-0.15, -0.1) is 0 Å². The first-order chi connectivity index (χ1) is 18.7. The number of hydrogen-bond donors (Lipinski definition) is 4. The molecular weight excluding hydrogens is 696 g/mol. The summed E-state index contributed by atoms with van der Waals surface area (Å²) in [5.74, 6) is 0.320. The van der Waals surface area contributed by atoms with Crippen LogP contribution in [0.5, 0.6) is 0 Å². The molecule has 2 aromatic carbocycles. The van der Waals surface area contributed by atoms with Gasteiger partial charge in [-0.25, -0.2) is 19.9 Å². The fraction of sp³-hybridized carbons (Fsp3) is 0. The number of benzene rings is 2. The Labute approximate surface area is 304 Å². The fourth-order valence-electron chi connectivity index (χ4n) is 3.33. The molecule has 0 aliphatic heterocycles. The van der Waals surface area contributed by atoms with Crippen molar-refractivity contribution in [2.75, 3.05) is 10.6 Å². The van der Waals surface area contributed by atoms with Gasteiger partial charge < -0.3 is 10.6 Å². The number of rotatable bonds is 8. The van der Waals surface area contributed by atoms with Crippen LogP contribution in [0, 0.1) is 0 Å². The molecule has 42 heavy (non-hydrogen) atoms. The molecule has 0 fully saturated rings. The van der Waals surface area contributed by atoms with Crippen LogP contribution in [0.3, 0.4) is 0 Å². The molecule has 4 N–H and O–H groups in total. The van der Waals surface area contributed by atoms with Crippen molar-refractivity contribution >= 4 is 161 Å². The average Bonchev–Trinajstić information content (AvgIpc) is 2.81. The van der Waals surface area contributed by atoms with Crippen LogP contribution in [-0.4, -0.2) is 105 Å². The van der Waals surface area contributed by atoms with Gasteiger partial charge >= 0.3 is 59.1 Å². The molecule has 0 bridgehead atoms. The molecule has 2 heterocycles. The van der Waals surface area contributed by atoms with Crippen LogP contribution >= 0.6 is 46.4 Å². The summed E-state index contributed by atoms with van der Waals surface area (Å²) < 4.78 is 68.1. The van der Waals surface area contributed by atoms with Gasteiger partial charge in [0, 0.05) is 23.5 Å². The van der Waals surface area contributed by atoms with E-state index in [0.717, 1.165) is 12.1 Å². The van der Waals surface area contributed by atoms with Crippen LogP contribution in [0.4, 0.5) is 23.0 Å². The van der Waals surface area contributed by atoms with E-state index in [-0.39, 0.29) is 114 Å². The van der Waals surface area contributed by atoms with Crippen molar-refractivity contribution < 1.29 is 25.9 Å². The summed E-state index contributed by atoms with van der Waals surface area (Å²) in [6.07, 6.45) is 2.48. The molecule has 0 amide bonds. The Kier molecular flexibility index (Phi) is 13.5. The van der Waals surface area contributed by atoms with Gasteiger partial charge in [0.05, 0.1) is 0 Å². The molecule has 0 spiro atoms. The zero-order valence-corrected chi connectivity index (χ0v) is 24.1. The van der Waals surface area contributed by atoms with Crippen molar-refractivity contribution in [3.05, 3.63) is 80.5 Å². The Morgan fingerprint density at radius 2 is 0.952 bits per heavy atom. The number of nitrogens with zero attached hydrogens (tertiary/aromatic N) is 4. The van der Waals surface area contributed by atoms with Gasteiger partial charge in [-0.3, -0.25) is 9.11 Å². The predicted molar refractivity (Wildman–Crippen MR) is 166 cm³/mol. The van der Waals surface area contributed by atoms with E-state index in [1.54, 1.807) is 0 Å². The number of hydrogen-bond acceptors (Lipinski definition) is 10. The fourth-order valence-corrected chi connectivity index (χ4v) is 5.57. The Bertz CT molecular complexity index is 1710. The summed E-state index contributed by atoms with van der Waals surface area (Å²) in [5, 5.41) is 5.38. The first-order valence-corrected chi connectivity index (χ1v) is 14.9.